The van der Waals surface area contributed by atoms with Crippen LogP contribution < -0.4 is 4.72 Å². The Balaban J connectivity index is 2.20. The number of thiophene rings is 1. The van der Waals surface area contributed by atoms with E-state index in [0.717, 1.165) is 11.3 Å². The van der Waals surface area contributed by atoms with Crippen molar-refractivity contribution in [1.29, 1.82) is 0 Å². The zero-order valence-electron chi connectivity index (χ0n) is 8.21. The summed E-state index contributed by atoms with van der Waals surface area (Å²) < 4.78 is 30.7. The van der Waals surface area contributed by atoms with Gasteiger partial charge in [-0.1, -0.05) is 6.07 Å². The molecule has 0 aliphatic carbocycles. The van der Waals surface area contributed by atoms with Gasteiger partial charge in [-0.05, 0) is 39.5 Å². The lowest BCUT2D eigenvalue weighted by atomic mass is 10.4. The van der Waals surface area contributed by atoms with Crippen molar-refractivity contribution in [3.8, 4) is 0 Å². The molecule has 0 aromatic carbocycles. The van der Waals surface area contributed by atoms with Gasteiger partial charge in [0.25, 0.3) is 10.0 Å². The Morgan fingerprint density at radius 3 is 2.65 bits per heavy atom. The van der Waals surface area contributed by atoms with Crippen LogP contribution in [-0.2, 0) is 10.0 Å². The molecule has 0 spiro atoms. The Labute approximate surface area is 110 Å². The second-order valence-corrected chi connectivity index (χ2v) is 6.61. The van der Waals surface area contributed by atoms with Gasteiger partial charge < -0.3 is 4.42 Å². The summed E-state index contributed by atoms with van der Waals surface area (Å²) in [6, 6.07) is 5.89. The summed E-state index contributed by atoms with van der Waals surface area (Å²) in [5.41, 5.74) is 0. The Morgan fingerprint density at radius 1 is 1.35 bits per heavy atom. The molecule has 5 nitrogen and oxygen atoms in total. The number of rotatable bonds is 3. The number of carbonyl (C=O) groups is 1. The quantitative estimate of drug-likeness (QED) is 0.932. The fourth-order valence-electron chi connectivity index (χ4n) is 1.08. The number of hydrogen-bond acceptors (Lipinski definition) is 5. The maximum Gasteiger partial charge on any atom is 0.300 e. The lowest BCUT2D eigenvalue weighted by molar-refractivity contribution is 0.0953. The number of halogens is 1. The van der Waals surface area contributed by atoms with Gasteiger partial charge in [-0.25, -0.2) is 13.1 Å². The summed E-state index contributed by atoms with van der Waals surface area (Å²) >= 11 is 4.05. The van der Waals surface area contributed by atoms with Crippen LogP contribution in [0.2, 0.25) is 0 Å². The molecule has 0 saturated heterocycles. The van der Waals surface area contributed by atoms with Crippen molar-refractivity contribution in [2.75, 3.05) is 0 Å². The molecule has 0 radical (unpaired) electrons. The van der Waals surface area contributed by atoms with Crippen LogP contribution in [-0.4, -0.2) is 14.3 Å². The van der Waals surface area contributed by atoms with Crippen molar-refractivity contribution in [2.45, 2.75) is 4.21 Å². The van der Waals surface area contributed by atoms with Crippen molar-refractivity contribution in [3.63, 3.8) is 0 Å². The monoisotopic (exact) mass is 335 g/mol. The van der Waals surface area contributed by atoms with E-state index in [1.165, 1.54) is 18.2 Å². The highest BCUT2D eigenvalue weighted by atomic mass is 79.9. The fraction of sp³-hybridized carbons (Fsp3) is 0. The minimum absolute atomic E-state index is 0.0722. The van der Waals surface area contributed by atoms with E-state index in [1.807, 2.05) is 4.72 Å². The highest BCUT2D eigenvalue weighted by Gasteiger charge is 2.21. The van der Waals surface area contributed by atoms with Crippen molar-refractivity contribution in [1.82, 2.24) is 4.72 Å². The third-order valence-electron chi connectivity index (χ3n) is 1.78. The maximum absolute atomic E-state index is 11.7. The molecule has 1 N–H and O–H groups in total. The van der Waals surface area contributed by atoms with Gasteiger partial charge in [-0.3, -0.25) is 4.79 Å². The molecule has 0 fully saturated rings. The molecule has 0 atom stereocenters. The summed E-state index contributed by atoms with van der Waals surface area (Å²) in [6.45, 7) is 0. The lowest BCUT2D eigenvalue weighted by Gasteiger charge is -2.02. The predicted molar refractivity (Wildman–Crippen MR) is 65.4 cm³/mol. The number of amides is 1. The Morgan fingerprint density at radius 2 is 2.12 bits per heavy atom. The van der Waals surface area contributed by atoms with Gasteiger partial charge >= 0.3 is 5.91 Å². The minimum atomic E-state index is -3.81. The molecule has 1 amide bonds. The average molecular weight is 336 g/mol. The van der Waals surface area contributed by atoms with Gasteiger partial charge in [0.2, 0.25) is 0 Å². The Kier molecular flexibility index (Phi) is 3.36. The first kappa shape index (κ1) is 12.3. The summed E-state index contributed by atoms with van der Waals surface area (Å²) in [5.74, 6) is -0.874. The molecule has 0 saturated carbocycles. The summed E-state index contributed by atoms with van der Waals surface area (Å²) in [5, 5.41) is 1.61. The van der Waals surface area contributed by atoms with Gasteiger partial charge in [0.1, 0.15) is 4.21 Å². The summed E-state index contributed by atoms with van der Waals surface area (Å²) in [4.78, 5) is 11.6. The molecule has 2 aromatic rings. The molecule has 0 aliphatic rings. The molecule has 0 bridgehead atoms. The van der Waals surface area contributed by atoms with Gasteiger partial charge in [0, 0.05) is 0 Å². The second kappa shape index (κ2) is 4.63. The topological polar surface area (TPSA) is 76.4 Å². The lowest BCUT2D eigenvalue weighted by Crippen LogP contribution is -2.29. The normalized spacial score (nSPS) is 11.4. The molecule has 0 aliphatic heterocycles. The molecule has 2 aromatic heterocycles. The van der Waals surface area contributed by atoms with Crippen molar-refractivity contribution < 1.29 is 17.6 Å². The molecule has 2 heterocycles. The predicted octanol–water partition coefficient (Wildman–Crippen LogP) is 2.22. The molecular formula is C9H6BrNO4S2. The average Bonchev–Trinajstić information content (AvgIpc) is 2.86. The van der Waals surface area contributed by atoms with Gasteiger partial charge in [-0.2, -0.15) is 0 Å². The molecule has 8 heteroatoms. The van der Waals surface area contributed by atoms with Crippen LogP contribution in [0, 0.1) is 0 Å². The van der Waals surface area contributed by atoms with Crippen LogP contribution in [0.4, 0.5) is 0 Å². The number of sulfonamides is 1. The molecular weight excluding hydrogens is 330 g/mol. The van der Waals surface area contributed by atoms with E-state index >= 15 is 0 Å². The minimum Gasteiger partial charge on any atom is -0.444 e. The van der Waals surface area contributed by atoms with E-state index in [-0.39, 0.29) is 9.97 Å². The highest BCUT2D eigenvalue weighted by Crippen LogP contribution is 2.17. The number of furan rings is 1. The van der Waals surface area contributed by atoms with E-state index in [0.29, 0.717) is 4.67 Å². The van der Waals surface area contributed by atoms with E-state index in [4.69, 9.17) is 4.42 Å². The van der Waals surface area contributed by atoms with Crippen LogP contribution >= 0.6 is 27.3 Å². The highest BCUT2D eigenvalue weighted by molar-refractivity contribution is 9.10. The van der Waals surface area contributed by atoms with Crippen LogP contribution in [0.3, 0.4) is 0 Å². The molecule has 0 unspecified atom stereocenters. The standard InChI is InChI=1S/C9H6BrNO4S2/c10-7-4-3-6(15-7)9(12)11-17(13,14)8-2-1-5-16-8/h1-5H,(H,11,12). The first-order valence-electron chi connectivity index (χ1n) is 4.35. The van der Waals surface area contributed by atoms with Crippen LogP contribution in [0.5, 0.6) is 0 Å². The van der Waals surface area contributed by atoms with E-state index in [1.54, 1.807) is 11.4 Å². The van der Waals surface area contributed by atoms with Gasteiger partial charge in [0.15, 0.2) is 10.4 Å². The summed E-state index contributed by atoms with van der Waals surface area (Å²) in [6.07, 6.45) is 0. The number of carbonyl (C=O) groups excluding carboxylic acids is 1. The maximum atomic E-state index is 11.7. The van der Waals surface area contributed by atoms with Crippen molar-refractivity contribution >= 4 is 43.2 Å². The van der Waals surface area contributed by atoms with E-state index < -0.39 is 15.9 Å². The Bertz CT molecular complexity index is 630. The fourth-order valence-corrected chi connectivity index (χ4v) is 3.33. The first-order chi connectivity index (χ1) is 7.99. The molecule has 2 rings (SSSR count). The van der Waals surface area contributed by atoms with Crippen LogP contribution in [0.1, 0.15) is 10.6 Å². The van der Waals surface area contributed by atoms with Crippen LogP contribution in [0.15, 0.2) is 42.9 Å². The Hall–Kier alpha value is -1.12. The third kappa shape index (κ3) is 2.76. The number of hydrogen-bond donors (Lipinski definition) is 1. The summed E-state index contributed by atoms with van der Waals surface area (Å²) in [7, 11) is -3.81. The third-order valence-corrected chi connectivity index (χ3v) is 4.94. The smallest absolute Gasteiger partial charge is 0.300 e. The largest absolute Gasteiger partial charge is 0.444 e. The second-order valence-electron chi connectivity index (χ2n) is 2.97. The molecule has 17 heavy (non-hydrogen) atoms. The zero-order valence-corrected chi connectivity index (χ0v) is 11.4. The van der Waals surface area contributed by atoms with Gasteiger partial charge in [-0.15, -0.1) is 11.3 Å². The van der Waals surface area contributed by atoms with E-state index in [9.17, 15) is 13.2 Å². The SMILES string of the molecule is O=C(NS(=O)(=O)c1cccs1)c1ccc(Br)o1. The van der Waals surface area contributed by atoms with Crippen molar-refractivity contribution in [2.24, 2.45) is 0 Å². The first-order valence-corrected chi connectivity index (χ1v) is 7.50. The zero-order chi connectivity index (χ0) is 12.5. The van der Waals surface area contributed by atoms with Crippen LogP contribution in [0.25, 0.3) is 0 Å². The molecule has 90 valence electrons. The van der Waals surface area contributed by atoms with Gasteiger partial charge in [0.05, 0.1) is 0 Å². The number of nitrogens with one attached hydrogen (secondary N) is 1. The van der Waals surface area contributed by atoms with E-state index in [2.05, 4.69) is 15.9 Å². The van der Waals surface area contributed by atoms with Crippen molar-refractivity contribution in [3.05, 3.63) is 40.1 Å².